The lowest BCUT2D eigenvalue weighted by Crippen LogP contribution is -2.31. The summed E-state index contributed by atoms with van der Waals surface area (Å²) >= 11 is 0. The van der Waals surface area contributed by atoms with Crippen LogP contribution in [0.15, 0.2) is 18.2 Å². The Morgan fingerprint density at radius 3 is 2.50 bits per heavy atom. The normalized spacial score (nSPS) is 18.8. The van der Waals surface area contributed by atoms with Crippen molar-refractivity contribution in [2.24, 2.45) is 5.41 Å². The fourth-order valence-corrected chi connectivity index (χ4v) is 2.15. The lowest BCUT2D eigenvalue weighted by molar-refractivity contribution is -0.147. The zero-order valence-corrected chi connectivity index (χ0v) is 10.8. The van der Waals surface area contributed by atoms with Gasteiger partial charge in [0.05, 0.1) is 13.2 Å². The molecule has 6 heteroatoms. The number of rotatable bonds is 3. The van der Waals surface area contributed by atoms with E-state index in [2.05, 4.69) is 5.32 Å². The Morgan fingerprint density at radius 1 is 1.15 bits per heavy atom. The lowest BCUT2D eigenvalue weighted by Gasteiger charge is -2.13. The smallest absolute Gasteiger partial charge is 0.319 e. The van der Waals surface area contributed by atoms with Crippen molar-refractivity contribution in [3.8, 4) is 11.5 Å². The fourth-order valence-electron chi connectivity index (χ4n) is 2.15. The summed E-state index contributed by atoms with van der Waals surface area (Å²) in [6.07, 6.45) is 1.58. The number of carbonyl (C=O) groups excluding carboxylic acids is 1. The molecule has 1 aliphatic heterocycles. The molecule has 0 aromatic heterocycles. The van der Waals surface area contributed by atoms with Crippen molar-refractivity contribution in [1.29, 1.82) is 0 Å². The average molecular weight is 277 g/mol. The van der Waals surface area contributed by atoms with Crippen LogP contribution in [0.5, 0.6) is 11.5 Å². The maximum atomic E-state index is 12.0. The summed E-state index contributed by atoms with van der Waals surface area (Å²) in [5.74, 6) is -0.329. The first-order valence-corrected chi connectivity index (χ1v) is 6.56. The summed E-state index contributed by atoms with van der Waals surface area (Å²) < 4.78 is 11.0. The molecule has 106 valence electrons. The molecule has 2 aliphatic rings. The molecule has 1 aliphatic carbocycles. The largest absolute Gasteiger partial charge is 0.490 e. The van der Waals surface area contributed by atoms with Crippen molar-refractivity contribution >= 4 is 17.6 Å². The molecule has 6 nitrogen and oxygen atoms in total. The molecule has 1 saturated carbocycles. The van der Waals surface area contributed by atoms with E-state index in [4.69, 9.17) is 14.6 Å². The van der Waals surface area contributed by atoms with Gasteiger partial charge in [-0.25, -0.2) is 0 Å². The first-order chi connectivity index (χ1) is 9.62. The number of anilines is 1. The van der Waals surface area contributed by atoms with Crippen molar-refractivity contribution in [3.63, 3.8) is 0 Å². The van der Waals surface area contributed by atoms with E-state index in [1.54, 1.807) is 18.2 Å². The van der Waals surface area contributed by atoms with E-state index in [-0.39, 0.29) is 0 Å². The highest BCUT2D eigenvalue weighted by molar-refractivity contribution is 6.10. The molecule has 0 bridgehead atoms. The van der Waals surface area contributed by atoms with Crippen LogP contribution in [0.4, 0.5) is 5.69 Å². The van der Waals surface area contributed by atoms with E-state index in [0.29, 0.717) is 43.2 Å². The zero-order chi connectivity index (χ0) is 14.2. The fraction of sp³-hybridized carbons (Fsp3) is 0.429. The van der Waals surface area contributed by atoms with Gasteiger partial charge in [0.1, 0.15) is 5.41 Å². The second kappa shape index (κ2) is 4.70. The highest BCUT2D eigenvalue weighted by Crippen LogP contribution is 2.47. The van der Waals surface area contributed by atoms with Crippen LogP contribution in [0.2, 0.25) is 0 Å². The monoisotopic (exact) mass is 277 g/mol. The van der Waals surface area contributed by atoms with E-state index in [9.17, 15) is 9.59 Å². The van der Waals surface area contributed by atoms with E-state index in [1.165, 1.54) is 0 Å². The number of carboxylic acids is 1. The van der Waals surface area contributed by atoms with Crippen LogP contribution in [0.1, 0.15) is 19.3 Å². The molecule has 2 N–H and O–H groups in total. The van der Waals surface area contributed by atoms with Gasteiger partial charge in [-0.1, -0.05) is 0 Å². The topological polar surface area (TPSA) is 84.9 Å². The molecule has 1 aromatic rings. The minimum Gasteiger partial charge on any atom is -0.490 e. The van der Waals surface area contributed by atoms with E-state index >= 15 is 0 Å². The van der Waals surface area contributed by atoms with Crippen LogP contribution in [0.3, 0.4) is 0 Å². The number of hydrogen-bond donors (Lipinski definition) is 2. The molecular weight excluding hydrogens is 262 g/mol. The van der Waals surface area contributed by atoms with Crippen LogP contribution < -0.4 is 14.8 Å². The van der Waals surface area contributed by atoms with Crippen molar-refractivity contribution in [2.75, 3.05) is 18.5 Å². The molecule has 0 saturated heterocycles. The Hall–Kier alpha value is -2.24. The molecule has 1 fully saturated rings. The van der Waals surface area contributed by atoms with E-state index < -0.39 is 17.3 Å². The van der Waals surface area contributed by atoms with Crippen molar-refractivity contribution < 1.29 is 24.2 Å². The highest BCUT2D eigenvalue weighted by atomic mass is 16.5. The number of amides is 1. The Bertz CT molecular complexity index is 565. The first kappa shape index (κ1) is 12.8. The van der Waals surface area contributed by atoms with Gasteiger partial charge in [-0.15, -0.1) is 0 Å². The van der Waals surface area contributed by atoms with E-state index in [0.717, 1.165) is 6.42 Å². The third-order valence-electron chi connectivity index (χ3n) is 3.60. The number of hydrogen-bond acceptors (Lipinski definition) is 4. The number of aliphatic carboxylic acids is 1. The Labute approximate surface area is 115 Å². The van der Waals surface area contributed by atoms with Crippen LogP contribution in [-0.4, -0.2) is 30.2 Å². The van der Waals surface area contributed by atoms with Gasteiger partial charge < -0.3 is 19.9 Å². The Kier molecular flexibility index (Phi) is 3.00. The van der Waals surface area contributed by atoms with Gasteiger partial charge >= 0.3 is 5.97 Å². The van der Waals surface area contributed by atoms with Crippen LogP contribution in [0, 0.1) is 5.41 Å². The van der Waals surface area contributed by atoms with E-state index in [1.807, 2.05) is 0 Å². The van der Waals surface area contributed by atoms with Gasteiger partial charge in [0.15, 0.2) is 11.5 Å². The van der Waals surface area contributed by atoms with Gasteiger partial charge in [0, 0.05) is 18.2 Å². The summed E-state index contributed by atoms with van der Waals surface area (Å²) in [5.41, 5.74) is -0.726. The second-order valence-corrected chi connectivity index (χ2v) is 5.05. The average Bonchev–Trinajstić information content (AvgIpc) is 3.23. The number of carboxylic acid groups (broad SMARTS) is 1. The molecule has 3 rings (SSSR count). The van der Waals surface area contributed by atoms with Gasteiger partial charge in [-0.2, -0.15) is 0 Å². The predicted molar refractivity (Wildman–Crippen MR) is 70.0 cm³/mol. The molecule has 0 spiro atoms. The minimum absolute atomic E-state index is 0.388. The maximum absolute atomic E-state index is 12.0. The third-order valence-corrected chi connectivity index (χ3v) is 3.60. The van der Waals surface area contributed by atoms with Gasteiger partial charge in [-0.05, 0) is 25.0 Å². The molecule has 1 aromatic carbocycles. The predicted octanol–water partition coefficient (Wildman–Crippen LogP) is 1.65. The number of benzene rings is 1. The highest BCUT2D eigenvalue weighted by Gasteiger charge is 2.57. The van der Waals surface area contributed by atoms with Crippen LogP contribution in [0.25, 0.3) is 0 Å². The van der Waals surface area contributed by atoms with Gasteiger partial charge in [0.2, 0.25) is 5.91 Å². The van der Waals surface area contributed by atoms with Crippen LogP contribution >= 0.6 is 0 Å². The van der Waals surface area contributed by atoms with Crippen LogP contribution in [-0.2, 0) is 9.59 Å². The first-order valence-electron chi connectivity index (χ1n) is 6.56. The van der Waals surface area contributed by atoms with Crippen molar-refractivity contribution in [3.05, 3.63) is 18.2 Å². The number of carbonyl (C=O) groups is 2. The molecule has 0 radical (unpaired) electrons. The number of fused-ring (bicyclic) bond motifs is 1. The quantitative estimate of drug-likeness (QED) is 0.821. The molecule has 1 heterocycles. The third kappa shape index (κ3) is 2.17. The second-order valence-electron chi connectivity index (χ2n) is 5.05. The van der Waals surface area contributed by atoms with Gasteiger partial charge in [-0.3, -0.25) is 9.59 Å². The maximum Gasteiger partial charge on any atom is 0.319 e. The number of ether oxygens (including phenoxy) is 2. The Morgan fingerprint density at radius 2 is 1.85 bits per heavy atom. The molecule has 1 amide bonds. The molecular formula is C14H15NO5. The minimum atomic E-state index is -1.25. The summed E-state index contributed by atoms with van der Waals surface area (Å²) in [7, 11) is 0. The Balaban J connectivity index is 1.77. The summed E-state index contributed by atoms with van der Waals surface area (Å²) in [5, 5.41) is 11.7. The molecule has 0 unspecified atom stereocenters. The standard InChI is InChI=1S/C14H15NO5/c16-12(14(4-5-14)13(17)18)15-9-2-3-10-11(8-9)20-7-1-6-19-10/h2-3,8H,1,4-7H2,(H,15,16)(H,17,18). The van der Waals surface area contributed by atoms with Crippen molar-refractivity contribution in [2.45, 2.75) is 19.3 Å². The molecule has 20 heavy (non-hydrogen) atoms. The summed E-state index contributed by atoms with van der Waals surface area (Å²) in [6, 6.07) is 5.07. The van der Waals surface area contributed by atoms with Gasteiger partial charge in [0.25, 0.3) is 0 Å². The summed E-state index contributed by atoms with van der Waals surface area (Å²) in [4.78, 5) is 23.1. The van der Waals surface area contributed by atoms with Crippen molar-refractivity contribution in [1.82, 2.24) is 0 Å². The zero-order valence-electron chi connectivity index (χ0n) is 10.8. The lowest BCUT2D eigenvalue weighted by atomic mass is 10.1. The SMILES string of the molecule is O=C(O)C1(C(=O)Nc2ccc3c(c2)OCCCO3)CC1. The molecule has 0 atom stereocenters. The number of nitrogens with one attached hydrogen (secondary N) is 1. The summed E-state index contributed by atoms with van der Waals surface area (Å²) in [6.45, 7) is 1.16.